The van der Waals surface area contributed by atoms with E-state index < -0.39 is 0 Å². The average molecular weight is 205 g/mol. The van der Waals surface area contributed by atoms with Crippen molar-refractivity contribution in [1.29, 1.82) is 0 Å². The van der Waals surface area contributed by atoms with Gasteiger partial charge in [0, 0.05) is 7.05 Å². The third-order valence-corrected chi connectivity index (χ3v) is 2.99. The molecule has 80 valence electrons. The lowest BCUT2D eigenvalue weighted by molar-refractivity contribution is -0.122. The van der Waals surface area contributed by atoms with Crippen molar-refractivity contribution in [2.24, 2.45) is 0 Å². The molecule has 1 unspecified atom stereocenters. The Morgan fingerprint density at radius 2 is 2.33 bits per heavy atom. The van der Waals surface area contributed by atoms with Crippen LogP contribution in [0.4, 0.5) is 0 Å². The van der Waals surface area contributed by atoms with Crippen molar-refractivity contribution in [2.75, 3.05) is 14.2 Å². The molecular formula is C12H15NO2. The second-order valence-electron chi connectivity index (χ2n) is 3.77. The molecule has 3 nitrogen and oxygen atoms in total. The number of aryl methyl sites for hydroxylation is 1. The van der Waals surface area contributed by atoms with E-state index >= 15 is 0 Å². The standard InChI is InChI=1S/C12H15NO2/c1-13-12(14)10-6-4-8-3-5-9(15-2)7-11(8)10/h3,5,7,10H,4,6H2,1-2H3,(H,13,14). The molecule has 1 amide bonds. The quantitative estimate of drug-likeness (QED) is 0.794. The largest absolute Gasteiger partial charge is 0.497 e. The van der Waals surface area contributed by atoms with Crippen LogP contribution in [-0.2, 0) is 11.2 Å². The first-order chi connectivity index (χ1) is 7.26. The number of carbonyl (C=O) groups is 1. The summed E-state index contributed by atoms with van der Waals surface area (Å²) in [6.45, 7) is 0. The van der Waals surface area contributed by atoms with E-state index in [1.807, 2.05) is 12.1 Å². The summed E-state index contributed by atoms with van der Waals surface area (Å²) in [6.07, 6.45) is 1.89. The van der Waals surface area contributed by atoms with Crippen LogP contribution in [0.2, 0.25) is 0 Å². The van der Waals surface area contributed by atoms with Crippen LogP contribution in [-0.4, -0.2) is 20.1 Å². The lowest BCUT2D eigenvalue weighted by Crippen LogP contribution is -2.24. The maximum absolute atomic E-state index is 11.6. The fourth-order valence-corrected chi connectivity index (χ4v) is 2.15. The van der Waals surface area contributed by atoms with Gasteiger partial charge >= 0.3 is 0 Å². The van der Waals surface area contributed by atoms with Gasteiger partial charge in [-0.05, 0) is 36.1 Å². The fourth-order valence-electron chi connectivity index (χ4n) is 2.15. The van der Waals surface area contributed by atoms with Crippen LogP contribution in [0.15, 0.2) is 18.2 Å². The van der Waals surface area contributed by atoms with Crippen LogP contribution in [0.25, 0.3) is 0 Å². The minimum absolute atomic E-state index is 0.0000926. The summed E-state index contributed by atoms with van der Waals surface area (Å²) in [7, 11) is 3.33. The first-order valence-corrected chi connectivity index (χ1v) is 5.14. The number of amides is 1. The second-order valence-corrected chi connectivity index (χ2v) is 3.77. The predicted molar refractivity (Wildman–Crippen MR) is 58.1 cm³/mol. The molecule has 1 atom stereocenters. The zero-order valence-corrected chi connectivity index (χ0v) is 9.04. The van der Waals surface area contributed by atoms with Crippen molar-refractivity contribution in [1.82, 2.24) is 5.32 Å². The lowest BCUT2D eigenvalue weighted by atomic mass is 10.0. The molecule has 0 saturated carbocycles. The number of hydrogen-bond acceptors (Lipinski definition) is 2. The van der Waals surface area contributed by atoms with Gasteiger partial charge in [-0.2, -0.15) is 0 Å². The molecule has 0 aliphatic heterocycles. The van der Waals surface area contributed by atoms with Gasteiger partial charge in [0.25, 0.3) is 0 Å². The molecule has 0 heterocycles. The number of methoxy groups -OCH3 is 1. The van der Waals surface area contributed by atoms with E-state index in [1.165, 1.54) is 5.56 Å². The Balaban J connectivity index is 2.35. The summed E-state index contributed by atoms with van der Waals surface area (Å²) in [5.41, 5.74) is 2.39. The first-order valence-electron chi connectivity index (χ1n) is 5.14. The zero-order chi connectivity index (χ0) is 10.8. The van der Waals surface area contributed by atoms with Crippen molar-refractivity contribution in [3.8, 4) is 5.75 Å². The van der Waals surface area contributed by atoms with Gasteiger partial charge in [-0.15, -0.1) is 0 Å². The molecule has 1 aliphatic carbocycles. The Morgan fingerprint density at radius 1 is 1.53 bits per heavy atom. The predicted octanol–water partition coefficient (Wildman–Crippen LogP) is 1.47. The third-order valence-electron chi connectivity index (χ3n) is 2.99. The monoisotopic (exact) mass is 205 g/mol. The summed E-state index contributed by atoms with van der Waals surface area (Å²) in [6, 6.07) is 5.98. The Hall–Kier alpha value is -1.51. The van der Waals surface area contributed by atoms with Crippen LogP contribution >= 0.6 is 0 Å². The van der Waals surface area contributed by atoms with Crippen molar-refractivity contribution in [3.05, 3.63) is 29.3 Å². The van der Waals surface area contributed by atoms with Gasteiger partial charge in [-0.1, -0.05) is 6.07 Å². The number of fused-ring (bicyclic) bond motifs is 1. The van der Waals surface area contributed by atoms with Gasteiger partial charge in [-0.3, -0.25) is 4.79 Å². The number of hydrogen-bond donors (Lipinski definition) is 1. The van der Waals surface area contributed by atoms with E-state index in [2.05, 4.69) is 11.4 Å². The highest BCUT2D eigenvalue weighted by molar-refractivity contribution is 5.84. The van der Waals surface area contributed by atoms with E-state index in [9.17, 15) is 4.79 Å². The molecule has 1 aromatic rings. The number of carbonyl (C=O) groups excluding carboxylic acids is 1. The number of benzene rings is 1. The normalized spacial score (nSPS) is 18.4. The molecule has 1 aromatic carbocycles. The number of nitrogens with one attached hydrogen (secondary N) is 1. The summed E-state index contributed by atoms with van der Waals surface area (Å²) in [5, 5.41) is 2.71. The Morgan fingerprint density at radius 3 is 3.00 bits per heavy atom. The molecule has 0 fully saturated rings. The molecule has 0 bridgehead atoms. The summed E-state index contributed by atoms with van der Waals surface area (Å²) in [4.78, 5) is 11.6. The maximum Gasteiger partial charge on any atom is 0.227 e. The van der Waals surface area contributed by atoms with Crippen molar-refractivity contribution >= 4 is 5.91 Å². The Bertz CT molecular complexity index is 387. The molecule has 0 aromatic heterocycles. The summed E-state index contributed by atoms with van der Waals surface area (Å²) < 4.78 is 5.17. The molecule has 15 heavy (non-hydrogen) atoms. The minimum atomic E-state index is 0.0000926. The zero-order valence-electron chi connectivity index (χ0n) is 9.04. The molecule has 1 N–H and O–H groups in total. The highest BCUT2D eigenvalue weighted by Gasteiger charge is 2.28. The number of rotatable bonds is 2. The molecular weight excluding hydrogens is 190 g/mol. The molecule has 2 rings (SSSR count). The van der Waals surface area contributed by atoms with Crippen LogP contribution in [0.1, 0.15) is 23.5 Å². The maximum atomic E-state index is 11.6. The Kier molecular flexibility index (Phi) is 2.62. The van der Waals surface area contributed by atoms with Gasteiger partial charge < -0.3 is 10.1 Å². The number of likely N-dealkylation sites (N-methyl/N-ethyl adjacent to an activating group) is 1. The minimum Gasteiger partial charge on any atom is -0.497 e. The van der Waals surface area contributed by atoms with Gasteiger partial charge in [-0.25, -0.2) is 0 Å². The second kappa shape index (κ2) is 3.93. The SMILES string of the molecule is CNC(=O)C1CCc2ccc(OC)cc21. The van der Waals surface area contributed by atoms with Crippen LogP contribution < -0.4 is 10.1 Å². The van der Waals surface area contributed by atoms with Gasteiger partial charge in [0.2, 0.25) is 5.91 Å². The van der Waals surface area contributed by atoms with Gasteiger partial charge in [0.15, 0.2) is 0 Å². The van der Waals surface area contributed by atoms with Crippen molar-refractivity contribution < 1.29 is 9.53 Å². The third kappa shape index (κ3) is 1.69. The smallest absolute Gasteiger partial charge is 0.227 e. The summed E-state index contributed by atoms with van der Waals surface area (Å²) >= 11 is 0. The van der Waals surface area contributed by atoms with Crippen molar-refractivity contribution in [3.63, 3.8) is 0 Å². The highest BCUT2D eigenvalue weighted by atomic mass is 16.5. The fraction of sp³-hybridized carbons (Fsp3) is 0.417. The van der Waals surface area contributed by atoms with E-state index in [-0.39, 0.29) is 11.8 Å². The molecule has 0 saturated heterocycles. The first kappa shape index (κ1) is 10.0. The van der Waals surface area contributed by atoms with E-state index in [4.69, 9.17) is 4.74 Å². The molecule has 0 spiro atoms. The molecule has 1 aliphatic rings. The van der Waals surface area contributed by atoms with E-state index in [0.29, 0.717) is 0 Å². The topological polar surface area (TPSA) is 38.3 Å². The van der Waals surface area contributed by atoms with E-state index in [1.54, 1.807) is 14.2 Å². The van der Waals surface area contributed by atoms with E-state index in [0.717, 1.165) is 24.2 Å². The molecule has 3 heteroatoms. The van der Waals surface area contributed by atoms with Crippen LogP contribution in [0.3, 0.4) is 0 Å². The Labute approximate surface area is 89.4 Å². The lowest BCUT2D eigenvalue weighted by Gasteiger charge is -2.10. The summed E-state index contributed by atoms with van der Waals surface area (Å²) in [5.74, 6) is 0.923. The highest BCUT2D eigenvalue weighted by Crippen LogP contribution is 2.35. The number of ether oxygens (including phenoxy) is 1. The molecule has 0 radical (unpaired) electrons. The van der Waals surface area contributed by atoms with Gasteiger partial charge in [0.05, 0.1) is 13.0 Å². The average Bonchev–Trinajstić information content (AvgIpc) is 2.70. The van der Waals surface area contributed by atoms with Gasteiger partial charge in [0.1, 0.15) is 5.75 Å². The van der Waals surface area contributed by atoms with Crippen LogP contribution in [0.5, 0.6) is 5.75 Å². The van der Waals surface area contributed by atoms with Crippen LogP contribution in [0, 0.1) is 0 Å². The van der Waals surface area contributed by atoms with Crippen molar-refractivity contribution in [2.45, 2.75) is 18.8 Å².